The van der Waals surface area contributed by atoms with E-state index in [-0.39, 0.29) is 37.7 Å². The van der Waals surface area contributed by atoms with E-state index >= 15 is 0 Å². The Morgan fingerprint density at radius 1 is 0.880 bits per heavy atom. The minimum atomic E-state index is -1.73. The van der Waals surface area contributed by atoms with Gasteiger partial charge in [0.1, 0.15) is 12.4 Å². The van der Waals surface area contributed by atoms with Crippen LogP contribution in [-0.4, -0.2) is 91.9 Å². The van der Waals surface area contributed by atoms with E-state index in [2.05, 4.69) is 6.92 Å². The van der Waals surface area contributed by atoms with Gasteiger partial charge in [0.05, 0.1) is 12.7 Å². The molecule has 1 rings (SSSR count). The van der Waals surface area contributed by atoms with Crippen molar-refractivity contribution < 1.29 is 29.9 Å². The van der Waals surface area contributed by atoms with Crippen LogP contribution in [0, 0.1) is 0 Å². The molecular formula is C18H34CaO6. The Bertz CT molecular complexity index is 305. The van der Waals surface area contributed by atoms with Crippen LogP contribution < -0.4 is 10.2 Å². The molecule has 1 aliphatic heterocycles. The largest absolute Gasteiger partial charge is 2.00 e. The Morgan fingerprint density at radius 3 is 1.92 bits per heavy atom. The molecule has 0 aromatic rings. The summed E-state index contributed by atoms with van der Waals surface area (Å²) in [6.07, 6.45) is 4.99. The Balaban J connectivity index is 0.00000576. The van der Waals surface area contributed by atoms with Crippen LogP contribution in [0.25, 0.3) is 0 Å². The first-order valence-electron chi connectivity index (χ1n) is 9.49. The molecule has 5 atom stereocenters. The second-order valence-electron chi connectivity index (χ2n) is 6.70. The number of unbranched alkanes of at least 4 members (excludes halogenated alkanes) is 9. The molecule has 1 aliphatic rings. The van der Waals surface area contributed by atoms with Crippen LogP contribution in [0.4, 0.5) is 0 Å². The molecule has 0 radical (unpaired) electrons. The first-order valence-corrected chi connectivity index (χ1v) is 9.49. The number of hydrogen-bond acceptors (Lipinski definition) is 6. The van der Waals surface area contributed by atoms with Crippen molar-refractivity contribution in [3.05, 3.63) is 0 Å². The first kappa shape index (κ1) is 26.0. The Morgan fingerprint density at radius 2 is 1.40 bits per heavy atom. The van der Waals surface area contributed by atoms with E-state index in [1.54, 1.807) is 0 Å². The molecule has 0 aromatic carbocycles. The zero-order valence-corrected chi connectivity index (χ0v) is 17.8. The van der Waals surface area contributed by atoms with Gasteiger partial charge in [-0.25, -0.2) is 0 Å². The topological polar surface area (TPSA) is 105 Å². The quantitative estimate of drug-likeness (QED) is 0.343. The molecule has 0 bridgehead atoms. The Hall–Kier alpha value is 1.02. The molecule has 2 N–H and O–H groups in total. The normalized spacial score (nSPS) is 29.4. The summed E-state index contributed by atoms with van der Waals surface area (Å²) >= 11 is 0. The minimum absolute atomic E-state index is 0. The molecule has 0 saturated carbocycles. The summed E-state index contributed by atoms with van der Waals surface area (Å²) in [7, 11) is 0. The van der Waals surface area contributed by atoms with E-state index in [9.17, 15) is 15.3 Å². The number of rotatable bonds is 13. The van der Waals surface area contributed by atoms with E-state index in [4.69, 9.17) is 14.6 Å². The second-order valence-corrected chi connectivity index (χ2v) is 6.70. The molecule has 7 heteroatoms. The van der Waals surface area contributed by atoms with Gasteiger partial charge in [-0.05, 0) is 6.42 Å². The smallest absolute Gasteiger partial charge is 0.851 e. The summed E-state index contributed by atoms with van der Waals surface area (Å²) < 4.78 is 10.5. The maximum absolute atomic E-state index is 11.8. The molecule has 1 fully saturated rings. The van der Waals surface area contributed by atoms with Crippen molar-refractivity contribution in [2.45, 2.75) is 102 Å². The van der Waals surface area contributed by atoms with Gasteiger partial charge in [-0.3, -0.25) is 0 Å². The summed E-state index contributed by atoms with van der Waals surface area (Å²) in [6, 6.07) is 0. The van der Waals surface area contributed by atoms with Gasteiger partial charge in [0.25, 0.3) is 0 Å². The zero-order valence-electron chi connectivity index (χ0n) is 15.6. The average molecular weight is 387 g/mol. The fourth-order valence-corrected chi connectivity index (χ4v) is 2.97. The van der Waals surface area contributed by atoms with Crippen LogP contribution in [0.3, 0.4) is 0 Å². The molecule has 0 spiro atoms. The molecule has 0 amide bonds. The van der Waals surface area contributed by atoms with Crippen molar-refractivity contribution >= 4 is 37.7 Å². The number of aliphatic hydroxyl groups excluding tert-OH is 2. The van der Waals surface area contributed by atoms with E-state index in [0.717, 1.165) is 19.3 Å². The molecular weight excluding hydrogens is 352 g/mol. The molecule has 25 heavy (non-hydrogen) atoms. The molecule has 1 heterocycles. The van der Waals surface area contributed by atoms with Gasteiger partial charge in [0, 0.05) is 6.61 Å². The molecule has 1 unspecified atom stereocenters. The summed E-state index contributed by atoms with van der Waals surface area (Å²) in [5, 5.41) is 42.0. The van der Waals surface area contributed by atoms with Crippen LogP contribution in [0.2, 0.25) is 0 Å². The van der Waals surface area contributed by atoms with Crippen molar-refractivity contribution in [3.63, 3.8) is 0 Å². The number of aliphatic hydroxyl groups is 2. The minimum Gasteiger partial charge on any atom is -0.851 e. The van der Waals surface area contributed by atoms with Crippen LogP contribution in [-0.2, 0) is 9.47 Å². The third-order valence-electron chi connectivity index (χ3n) is 4.58. The van der Waals surface area contributed by atoms with Crippen molar-refractivity contribution in [2.75, 3.05) is 13.2 Å². The maximum Gasteiger partial charge on any atom is 2.00 e. The van der Waals surface area contributed by atoms with E-state index in [0.29, 0.717) is 6.61 Å². The van der Waals surface area contributed by atoms with Gasteiger partial charge in [-0.1, -0.05) is 70.8 Å². The van der Waals surface area contributed by atoms with Gasteiger partial charge in [0.15, 0.2) is 0 Å². The van der Waals surface area contributed by atoms with Crippen molar-refractivity contribution in [3.8, 4) is 0 Å². The van der Waals surface area contributed by atoms with Gasteiger partial charge in [0.2, 0.25) is 0 Å². The second kappa shape index (κ2) is 16.0. The molecule has 144 valence electrons. The summed E-state index contributed by atoms with van der Waals surface area (Å²) in [4.78, 5) is 0. The number of hydrogen-bond donors (Lipinski definition) is 2. The zero-order chi connectivity index (χ0) is 17.8. The van der Waals surface area contributed by atoms with Gasteiger partial charge in [-0.15, -0.1) is 6.10 Å². The third-order valence-corrected chi connectivity index (χ3v) is 4.58. The third kappa shape index (κ3) is 10.2. The maximum atomic E-state index is 11.8. The molecule has 1 saturated heterocycles. The molecule has 0 aliphatic carbocycles. The fourth-order valence-electron chi connectivity index (χ4n) is 2.97. The van der Waals surface area contributed by atoms with Crippen LogP contribution in [0.5, 0.6) is 0 Å². The Labute approximate surface area is 181 Å². The summed E-state index contributed by atoms with van der Waals surface area (Å²) in [5.74, 6) is 0. The molecule has 6 nitrogen and oxygen atoms in total. The van der Waals surface area contributed by atoms with E-state index in [1.165, 1.54) is 44.9 Å². The van der Waals surface area contributed by atoms with Crippen LogP contribution in [0.1, 0.15) is 71.1 Å². The monoisotopic (exact) mass is 386 g/mol. The van der Waals surface area contributed by atoms with E-state index < -0.39 is 37.3 Å². The summed E-state index contributed by atoms with van der Waals surface area (Å²) in [6.45, 7) is 2.09. The van der Waals surface area contributed by atoms with Gasteiger partial charge >= 0.3 is 37.7 Å². The average Bonchev–Trinajstić information content (AvgIpc) is 2.59. The van der Waals surface area contributed by atoms with Crippen LogP contribution >= 0.6 is 0 Å². The predicted molar refractivity (Wildman–Crippen MR) is 92.9 cm³/mol. The Kier molecular flexibility index (Phi) is 16.7. The van der Waals surface area contributed by atoms with Gasteiger partial charge < -0.3 is 29.9 Å². The SMILES string of the molecule is CCCCCCCCCCCCOC1O[C@H](CO)[C@@H](O)[C@H]([O-])[C@H]1[O-].[Ca+2]. The molecule has 0 aromatic heterocycles. The predicted octanol–water partition coefficient (Wildman–Crippen LogP) is 0.0790. The standard InChI is InChI=1S/C18H34O6.Ca/c1-2-3-4-5-6-7-8-9-10-11-12-23-18-17(22)16(21)15(20)14(13-19)24-18;/h14-20H,2-13H2,1H3;/q-2;+2/t14-,15-,16+,17-,18?;/m1./s1. The van der Waals surface area contributed by atoms with Crippen molar-refractivity contribution in [1.29, 1.82) is 0 Å². The van der Waals surface area contributed by atoms with E-state index in [1.807, 2.05) is 0 Å². The van der Waals surface area contributed by atoms with Crippen molar-refractivity contribution in [1.82, 2.24) is 0 Å². The van der Waals surface area contributed by atoms with Gasteiger partial charge in [-0.2, -0.15) is 0 Å². The first-order chi connectivity index (χ1) is 11.6. The summed E-state index contributed by atoms with van der Waals surface area (Å²) in [5.41, 5.74) is 0. The fraction of sp³-hybridized carbons (Fsp3) is 1.00. The van der Waals surface area contributed by atoms with Crippen LogP contribution in [0.15, 0.2) is 0 Å². The van der Waals surface area contributed by atoms with Crippen molar-refractivity contribution in [2.24, 2.45) is 0 Å². The number of ether oxygens (including phenoxy) is 2.